The summed E-state index contributed by atoms with van der Waals surface area (Å²) in [5, 5.41) is 2.44. The Balaban J connectivity index is 1.60. The maximum absolute atomic E-state index is 12.3. The predicted molar refractivity (Wildman–Crippen MR) is 94.9 cm³/mol. The molecule has 0 bridgehead atoms. The predicted octanol–water partition coefficient (Wildman–Crippen LogP) is 2.41. The van der Waals surface area contributed by atoms with Crippen LogP contribution in [0.4, 0.5) is 0 Å². The van der Waals surface area contributed by atoms with Gasteiger partial charge in [-0.05, 0) is 36.3 Å². The Morgan fingerprint density at radius 2 is 2.04 bits per heavy atom. The van der Waals surface area contributed by atoms with Gasteiger partial charge in [0.1, 0.15) is 0 Å². The molecule has 0 spiro atoms. The van der Waals surface area contributed by atoms with Crippen LogP contribution in [-0.2, 0) is 25.5 Å². The van der Waals surface area contributed by atoms with E-state index in [1.807, 2.05) is 36.4 Å². The van der Waals surface area contributed by atoms with E-state index in [1.165, 1.54) is 7.11 Å². The standard InChI is InChI=1S/C19H19NO4S/c1-24-16(21)12-13-5-7-14(8-6-13)25-11-10-19-9-3-2-4-15(19)17(22)20-18(19)23/h2-8H,9-12H2,1H3,(H,20,22,23). The fourth-order valence-electron chi connectivity index (χ4n) is 3.14. The second-order valence-corrected chi connectivity index (χ2v) is 7.24. The van der Waals surface area contributed by atoms with Crippen molar-refractivity contribution in [3.05, 3.63) is 53.6 Å². The van der Waals surface area contributed by atoms with E-state index in [9.17, 15) is 14.4 Å². The third kappa shape index (κ3) is 3.54. The highest BCUT2D eigenvalue weighted by Crippen LogP contribution is 2.43. The summed E-state index contributed by atoms with van der Waals surface area (Å²) in [6.07, 6.45) is 6.95. The van der Waals surface area contributed by atoms with Crippen LogP contribution in [0, 0.1) is 5.41 Å². The first-order valence-corrected chi connectivity index (χ1v) is 9.05. The van der Waals surface area contributed by atoms with Crippen LogP contribution in [-0.4, -0.2) is 30.6 Å². The molecule has 1 heterocycles. The number of rotatable bonds is 6. The van der Waals surface area contributed by atoms with Gasteiger partial charge in [-0.15, -0.1) is 11.8 Å². The molecule has 5 nitrogen and oxygen atoms in total. The number of hydrogen-bond donors (Lipinski definition) is 1. The van der Waals surface area contributed by atoms with Crippen molar-refractivity contribution < 1.29 is 19.1 Å². The van der Waals surface area contributed by atoms with E-state index in [2.05, 4.69) is 10.1 Å². The first-order valence-electron chi connectivity index (χ1n) is 8.07. The van der Waals surface area contributed by atoms with Crippen molar-refractivity contribution in [3.8, 4) is 0 Å². The van der Waals surface area contributed by atoms with Crippen molar-refractivity contribution >= 4 is 29.5 Å². The summed E-state index contributed by atoms with van der Waals surface area (Å²) < 4.78 is 4.65. The molecular formula is C19H19NO4S. The number of esters is 1. The summed E-state index contributed by atoms with van der Waals surface area (Å²) in [5.41, 5.74) is 0.760. The quantitative estimate of drug-likeness (QED) is 0.481. The van der Waals surface area contributed by atoms with Gasteiger partial charge in [-0.1, -0.05) is 30.4 Å². The zero-order valence-corrected chi connectivity index (χ0v) is 14.7. The molecule has 0 aromatic heterocycles. The lowest BCUT2D eigenvalue weighted by atomic mass is 9.74. The van der Waals surface area contributed by atoms with Crippen LogP contribution in [0.1, 0.15) is 18.4 Å². The van der Waals surface area contributed by atoms with Gasteiger partial charge in [-0.2, -0.15) is 0 Å². The summed E-state index contributed by atoms with van der Waals surface area (Å²) in [5.74, 6) is -0.00267. The van der Waals surface area contributed by atoms with Crippen molar-refractivity contribution in [2.75, 3.05) is 12.9 Å². The van der Waals surface area contributed by atoms with Gasteiger partial charge >= 0.3 is 5.97 Å². The van der Waals surface area contributed by atoms with E-state index in [0.29, 0.717) is 18.4 Å². The molecular weight excluding hydrogens is 338 g/mol. The fourth-order valence-corrected chi connectivity index (χ4v) is 4.15. The second-order valence-electron chi connectivity index (χ2n) is 6.07. The molecule has 3 rings (SSSR count). The lowest BCUT2D eigenvalue weighted by molar-refractivity contribution is -0.139. The third-order valence-corrected chi connectivity index (χ3v) is 5.60. The number of methoxy groups -OCH3 is 1. The maximum Gasteiger partial charge on any atom is 0.309 e. The molecule has 1 unspecified atom stereocenters. The van der Waals surface area contributed by atoms with E-state index in [4.69, 9.17) is 0 Å². The third-order valence-electron chi connectivity index (χ3n) is 4.58. The van der Waals surface area contributed by atoms with Crippen LogP contribution in [0.15, 0.2) is 53.0 Å². The number of nitrogens with one attached hydrogen (secondary N) is 1. The zero-order valence-electron chi connectivity index (χ0n) is 13.9. The Hall–Kier alpha value is -2.34. The Morgan fingerprint density at radius 3 is 2.76 bits per heavy atom. The van der Waals surface area contributed by atoms with Gasteiger partial charge in [0.25, 0.3) is 5.91 Å². The average Bonchev–Trinajstić information content (AvgIpc) is 2.87. The molecule has 1 saturated heterocycles. The van der Waals surface area contributed by atoms with Crippen LogP contribution in [0.3, 0.4) is 0 Å². The SMILES string of the molecule is COC(=O)Cc1ccc(SCCC23CC=CC=C2C(=O)NC3=O)cc1. The molecule has 6 heteroatoms. The Kier molecular flexibility index (Phi) is 5.08. The molecule has 1 aromatic carbocycles. The van der Waals surface area contributed by atoms with Gasteiger partial charge in [0.2, 0.25) is 5.91 Å². The molecule has 0 saturated carbocycles. The fraction of sp³-hybridized carbons (Fsp3) is 0.316. The largest absolute Gasteiger partial charge is 0.469 e. The van der Waals surface area contributed by atoms with Crippen molar-refractivity contribution in [1.29, 1.82) is 0 Å². The number of hydrogen-bond acceptors (Lipinski definition) is 5. The van der Waals surface area contributed by atoms with E-state index in [1.54, 1.807) is 17.8 Å². The number of carbonyl (C=O) groups excluding carboxylic acids is 3. The number of ether oxygens (including phenoxy) is 1. The molecule has 1 aliphatic heterocycles. The Labute approximate surface area is 150 Å². The highest BCUT2D eigenvalue weighted by Gasteiger charge is 2.50. The molecule has 1 aliphatic carbocycles. The lowest BCUT2D eigenvalue weighted by Gasteiger charge is -2.27. The molecule has 0 radical (unpaired) electrons. The maximum atomic E-state index is 12.3. The molecule has 1 fully saturated rings. The van der Waals surface area contributed by atoms with E-state index < -0.39 is 5.41 Å². The lowest BCUT2D eigenvalue weighted by Crippen LogP contribution is -2.33. The minimum absolute atomic E-state index is 0.192. The normalized spacial score (nSPS) is 21.6. The molecule has 2 amide bonds. The number of benzene rings is 1. The van der Waals surface area contributed by atoms with Gasteiger partial charge in [0, 0.05) is 10.5 Å². The van der Waals surface area contributed by atoms with Crippen LogP contribution in [0.5, 0.6) is 0 Å². The zero-order chi connectivity index (χ0) is 17.9. The number of imide groups is 1. The van der Waals surface area contributed by atoms with Gasteiger partial charge < -0.3 is 4.74 Å². The topological polar surface area (TPSA) is 72.5 Å². The van der Waals surface area contributed by atoms with Crippen molar-refractivity contribution in [1.82, 2.24) is 5.32 Å². The molecule has 2 aliphatic rings. The summed E-state index contributed by atoms with van der Waals surface area (Å²) in [6, 6.07) is 7.71. The smallest absolute Gasteiger partial charge is 0.309 e. The number of carbonyl (C=O) groups is 3. The number of fused-ring (bicyclic) bond motifs is 1. The monoisotopic (exact) mass is 357 g/mol. The highest BCUT2D eigenvalue weighted by molar-refractivity contribution is 7.99. The van der Waals surface area contributed by atoms with Gasteiger partial charge in [0.05, 0.1) is 18.9 Å². The van der Waals surface area contributed by atoms with Crippen LogP contribution in [0.25, 0.3) is 0 Å². The number of allylic oxidation sites excluding steroid dienone is 3. The van der Waals surface area contributed by atoms with Crippen molar-refractivity contribution in [3.63, 3.8) is 0 Å². The van der Waals surface area contributed by atoms with Crippen LogP contribution < -0.4 is 5.32 Å². The van der Waals surface area contributed by atoms with E-state index in [0.717, 1.165) is 16.2 Å². The van der Waals surface area contributed by atoms with Crippen LogP contribution >= 0.6 is 11.8 Å². The Morgan fingerprint density at radius 1 is 1.28 bits per heavy atom. The molecule has 1 N–H and O–H groups in total. The van der Waals surface area contributed by atoms with Crippen LogP contribution in [0.2, 0.25) is 0 Å². The van der Waals surface area contributed by atoms with Gasteiger partial charge in [-0.25, -0.2) is 0 Å². The summed E-state index contributed by atoms with van der Waals surface area (Å²) in [7, 11) is 1.37. The summed E-state index contributed by atoms with van der Waals surface area (Å²) in [4.78, 5) is 36.6. The van der Waals surface area contributed by atoms with E-state index in [-0.39, 0.29) is 24.2 Å². The summed E-state index contributed by atoms with van der Waals surface area (Å²) in [6.45, 7) is 0. The van der Waals surface area contributed by atoms with Gasteiger partial charge in [-0.3, -0.25) is 19.7 Å². The molecule has 1 aromatic rings. The average molecular weight is 357 g/mol. The Bertz CT molecular complexity index is 766. The second kappa shape index (κ2) is 7.27. The number of amides is 2. The molecule has 1 atom stereocenters. The van der Waals surface area contributed by atoms with Crippen molar-refractivity contribution in [2.24, 2.45) is 5.41 Å². The van der Waals surface area contributed by atoms with Gasteiger partial charge in [0.15, 0.2) is 0 Å². The molecule has 25 heavy (non-hydrogen) atoms. The van der Waals surface area contributed by atoms with E-state index >= 15 is 0 Å². The first kappa shape index (κ1) is 17.5. The minimum Gasteiger partial charge on any atom is -0.469 e. The summed E-state index contributed by atoms with van der Waals surface area (Å²) >= 11 is 1.64. The highest BCUT2D eigenvalue weighted by atomic mass is 32.2. The first-order chi connectivity index (χ1) is 12.0. The van der Waals surface area contributed by atoms with Crippen molar-refractivity contribution in [2.45, 2.75) is 24.2 Å². The molecule has 130 valence electrons. The number of thioether (sulfide) groups is 1. The minimum atomic E-state index is -0.719.